The quantitative estimate of drug-likeness (QED) is 0.492. The van der Waals surface area contributed by atoms with Crippen LogP contribution in [-0.4, -0.2) is 12.6 Å². The zero-order valence-electron chi connectivity index (χ0n) is 8.96. The lowest BCUT2D eigenvalue weighted by Crippen LogP contribution is -2.29. The van der Waals surface area contributed by atoms with E-state index in [0.29, 0.717) is 6.42 Å². The first kappa shape index (κ1) is 13.7. The Hall–Kier alpha value is -1.37. The Kier molecular flexibility index (Phi) is 4.28. The summed E-state index contributed by atoms with van der Waals surface area (Å²) in [7, 11) is 0. The van der Waals surface area contributed by atoms with Crippen molar-refractivity contribution in [1.29, 1.82) is 0 Å². The lowest BCUT2D eigenvalue weighted by atomic mass is 10.2. The molecule has 1 unspecified atom stereocenters. The molecule has 96 valence electrons. The minimum atomic E-state index is -2.18. The van der Waals surface area contributed by atoms with Gasteiger partial charge in [-0.05, 0) is 6.42 Å². The monoisotopic (exact) mass is 254 g/mol. The van der Waals surface area contributed by atoms with Gasteiger partial charge in [-0.25, -0.2) is 22.0 Å². The van der Waals surface area contributed by atoms with Crippen molar-refractivity contribution in [2.45, 2.75) is 19.4 Å². The first-order valence-electron chi connectivity index (χ1n) is 4.91. The van der Waals surface area contributed by atoms with Crippen LogP contribution in [0, 0.1) is 29.1 Å². The molecule has 0 spiro atoms. The highest BCUT2D eigenvalue weighted by atomic mass is 19.2. The van der Waals surface area contributed by atoms with E-state index in [1.807, 2.05) is 0 Å². The maximum atomic E-state index is 13.1. The molecule has 0 aromatic heterocycles. The maximum absolute atomic E-state index is 13.1. The van der Waals surface area contributed by atoms with Crippen molar-refractivity contribution in [3.8, 4) is 0 Å². The van der Waals surface area contributed by atoms with E-state index in [2.05, 4.69) is 5.32 Å². The van der Waals surface area contributed by atoms with Gasteiger partial charge in [-0.1, -0.05) is 6.92 Å². The van der Waals surface area contributed by atoms with Crippen LogP contribution in [0.25, 0.3) is 0 Å². The first-order chi connectivity index (χ1) is 7.90. The molecule has 2 nitrogen and oxygen atoms in total. The zero-order chi connectivity index (χ0) is 13.2. The molecule has 1 aromatic carbocycles. The van der Waals surface area contributed by atoms with Crippen LogP contribution in [-0.2, 0) is 0 Å². The number of hydrogen-bond acceptors (Lipinski definition) is 2. The number of benzene rings is 1. The Morgan fingerprint density at radius 1 is 0.941 bits per heavy atom. The Morgan fingerprint density at radius 3 is 1.76 bits per heavy atom. The van der Waals surface area contributed by atoms with Crippen LogP contribution in [0.3, 0.4) is 0 Å². The summed E-state index contributed by atoms with van der Waals surface area (Å²) in [5.41, 5.74) is 4.41. The average molecular weight is 254 g/mol. The van der Waals surface area contributed by atoms with Crippen molar-refractivity contribution in [2.75, 3.05) is 11.9 Å². The molecule has 0 amide bonds. The van der Waals surface area contributed by atoms with Gasteiger partial charge in [-0.3, -0.25) is 0 Å². The molecule has 0 saturated heterocycles. The summed E-state index contributed by atoms with van der Waals surface area (Å²) in [4.78, 5) is 0. The van der Waals surface area contributed by atoms with E-state index in [-0.39, 0.29) is 6.54 Å². The van der Waals surface area contributed by atoms with E-state index in [9.17, 15) is 22.0 Å². The van der Waals surface area contributed by atoms with Crippen molar-refractivity contribution in [2.24, 2.45) is 5.73 Å². The van der Waals surface area contributed by atoms with Gasteiger partial charge in [0.15, 0.2) is 23.3 Å². The van der Waals surface area contributed by atoms with Crippen LogP contribution in [0.4, 0.5) is 27.6 Å². The summed E-state index contributed by atoms with van der Waals surface area (Å²) in [6.07, 6.45) is 0.502. The normalized spacial score (nSPS) is 12.6. The topological polar surface area (TPSA) is 38.0 Å². The molecule has 3 N–H and O–H groups in total. The van der Waals surface area contributed by atoms with E-state index in [0.717, 1.165) is 0 Å². The van der Waals surface area contributed by atoms with E-state index in [4.69, 9.17) is 5.73 Å². The van der Waals surface area contributed by atoms with Crippen LogP contribution >= 0.6 is 0 Å². The molecular weight excluding hydrogens is 243 g/mol. The second-order valence-electron chi connectivity index (χ2n) is 3.49. The van der Waals surface area contributed by atoms with Gasteiger partial charge in [0.25, 0.3) is 0 Å². The highest BCUT2D eigenvalue weighted by Crippen LogP contribution is 2.26. The Bertz CT molecular complexity index is 393. The largest absolute Gasteiger partial charge is 0.379 e. The molecule has 1 atom stereocenters. The molecule has 1 aromatic rings. The summed E-state index contributed by atoms with van der Waals surface area (Å²) in [5, 5.41) is 2.12. The molecule has 0 bridgehead atoms. The lowest BCUT2D eigenvalue weighted by Gasteiger charge is -2.13. The number of anilines is 1. The summed E-state index contributed by atoms with van der Waals surface area (Å²) in [5.74, 6) is -9.90. The fourth-order valence-corrected chi connectivity index (χ4v) is 1.14. The van der Waals surface area contributed by atoms with Crippen molar-refractivity contribution < 1.29 is 22.0 Å². The highest BCUT2D eigenvalue weighted by Gasteiger charge is 2.25. The van der Waals surface area contributed by atoms with Gasteiger partial charge in [0, 0.05) is 12.6 Å². The predicted octanol–water partition coefficient (Wildman–Crippen LogP) is 2.53. The summed E-state index contributed by atoms with van der Waals surface area (Å²) < 4.78 is 64.5. The summed E-state index contributed by atoms with van der Waals surface area (Å²) in [6, 6.07) is -0.440. The van der Waals surface area contributed by atoms with Crippen LogP contribution in [0.5, 0.6) is 0 Å². The van der Waals surface area contributed by atoms with E-state index < -0.39 is 40.8 Å². The van der Waals surface area contributed by atoms with Gasteiger partial charge < -0.3 is 11.1 Å². The Labute approximate surface area is 94.6 Å². The van der Waals surface area contributed by atoms with Crippen molar-refractivity contribution in [3.63, 3.8) is 0 Å². The molecule has 0 aliphatic carbocycles. The van der Waals surface area contributed by atoms with E-state index >= 15 is 0 Å². The minimum absolute atomic E-state index is 0.0884. The third-order valence-corrected chi connectivity index (χ3v) is 2.28. The lowest BCUT2D eigenvalue weighted by molar-refractivity contribution is 0.381. The first-order valence-corrected chi connectivity index (χ1v) is 4.91. The van der Waals surface area contributed by atoms with Gasteiger partial charge in [0.05, 0.1) is 0 Å². The van der Waals surface area contributed by atoms with Crippen LogP contribution in [0.15, 0.2) is 0 Å². The van der Waals surface area contributed by atoms with Crippen molar-refractivity contribution in [3.05, 3.63) is 29.1 Å². The highest BCUT2D eigenvalue weighted by molar-refractivity contribution is 5.47. The van der Waals surface area contributed by atoms with Gasteiger partial charge in [-0.15, -0.1) is 0 Å². The average Bonchev–Trinajstić information content (AvgIpc) is 2.33. The summed E-state index contributed by atoms with van der Waals surface area (Å²) in [6.45, 7) is 1.64. The Balaban J connectivity index is 3.07. The Morgan fingerprint density at radius 2 is 1.35 bits per heavy atom. The van der Waals surface area contributed by atoms with Crippen LogP contribution in [0.2, 0.25) is 0 Å². The number of nitrogens with one attached hydrogen (secondary N) is 1. The van der Waals surface area contributed by atoms with E-state index in [1.54, 1.807) is 6.92 Å². The standard InChI is InChI=1S/C10H11F5N2/c1-2-4(16)3-17-10-8(14)6(12)5(11)7(13)9(10)15/h4,17H,2-3,16H2,1H3. The zero-order valence-corrected chi connectivity index (χ0v) is 8.96. The summed E-state index contributed by atoms with van der Waals surface area (Å²) >= 11 is 0. The SMILES string of the molecule is CCC(N)CNc1c(F)c(F)c(F)c(F)c1F. The number of hydrogen-bond donors (Lipinski definition) is 2. The van der Waals surface area contributed by atoms with Gasteiger partial charge >= 0.3 is 0 Å². The van der Waals surface area contributed by atoms with Gasteiger partial charge in [0.1, 0.15) is 5.69 Å². The minimum Gasteiger partial charge on any atom is -0.379 e. The number of halogens is 5. The fraction of sp³-hybridized carbons (Fsp3) is 0.400. The molecule has 0 saturated carbocycles. The van der Waals surface area contributed by atoms with Crippen LogP contribution in [0.1, 0.15) is 13.3 Å². The molecule has 0 heterocycles. The molecule has 0 aliphatic heterocycles. The van der Waals surface area contributed by atoms with Gasteiger partial charge in [-0.2, -0.15) is 0 Å². The number of nitrogens with two attached hydrogens (primary N) is 1. The fourth-order valence-electron chi connectivity index (χ4n) is 1.14. The molecule has 0 aliphatic rings. The molecule has 0 radical (unpaired) electrons. The maximum Gasteiger partial charge on any atom is 0.200 e. The van der Waals surface area contributed by atoms with E-state index in [1.165, 1.54) is 0 Å². The second kappa shape index (κ2) is 5.31. The smallest absolute Gasteiger partial charge is 0.200 e. The molecule has 7 heteroatoms. The molecule has 1 rings (SSSR count). The third-order valence-electron chi connectivity index (χ3n) is 2.28. The number of rotatable bonds is 4. The van der Waals surface area contributed by atoms with Crippen molar-refractivity contribution in [1.82, 2.24) is 0 Å². The van der Waals surface area contributed by atoms with Crippen molar-refractivity contribution >= 4 is 5.69 Å². The van der Waals surface area contributed by atoms with Gasteiger partial charge in [0.2, 0.25) is 5.82 Å². The van der Waals surface area contributed by atoms with Crippen LogP contribution < -0.4 is 11.1 Å². The molecule has 0 fully saturated rings. The predicted molar refractivity (Wildman–Crippen MR) is 53.0 cm³/mol. The molecule has 17 heavy (non-hydrogen) atoms. The third kappa shape index (κ3) is 2.66. The second-order valence-corrected chi connectivity index (χ2v) is 3.49. The molecular formula is C10H11F5N2.